The van der Waals surface area contributed by atoms with Crippen LogP contribution in [0.25, 0.3) is 0 Å². The molecule has 0 radical (unpaired) electrons. The fourth-order valence-electron chi connectivity index (χ4n) is 1.95. The summed E-state index contributed by atoms with van der Waals surface area (Å²) in [7, 11) is 3.89. The zero-order valence-electron chi connectivity index (χ0n) is 12.0. The number of amides is 1. The van der Waals surface area contributed by atoms with Crippen molar-refractivity contribution in [2.45, 2.75) is 6.92 Å². The monoisotopic (exact) mass is 269 g/mol. The van der Waals surface area contributed by atoms with Gasteiger partial charge in [0.2, 0.25) is 0 Å². The third-order valence-electron chi connectivity index (χ3n) is 3.12. The van der Waals surface area contributed by atoms with Crippen LogP contribution in [-0.4, -0.2) is 20.0 Å². The van der Waals surface area contributed by atoms with Crippen molar-refractivity contribution in [3.63, 3.8) is 0 Å². The number of carbonyl (C=O) groups is 1. The van der Waals surface area contributed by atoms with Crippen LogP contribution in [-0.2, 0) is 0 Å². The van der Waals surface area contributed by atoms with Gasteiger partial charge < -0.3 is 16.0 Å². The molecule has 3 N–H and O–H groups in total. The molecule has 2 aromatic carbocycles. The lowest BCUT2D eigenvalue weighted by molar-refractivity contribution is 0.102. The number of nitrogens with two attached hydrogens (primary N) is 1. The van der Waals surface area contributed by atoms with Crippen LogP contribution in [0.1, 0.15) is 15.9 Å². The van der Waals surface area contributed by atoms with Crippen molar-refractivity contribution >= 4 is 23.0 Å². The van der Waals surface area contributed by atoms with Crippen LogP contribution >= 0.6 is 0 Å². The molecule has 2 aromatic rings. The van der Waals surface area contributed by atoms with Gasteiger partial charge in [0.25, 0.3) is 5.91 Å². The smallest absolute Gasteiger partial charge is 0.255 e. The van der Waals surface area contributed by atoms with Gasteiger partial charge in [-0.05, 0) is 48.9 Å². The first kappa shape index (κ1) is 13.9. The molecule has 2 rings (SSSR count). The summed E-state index contributed by atoms with van der Waals surface area (Å²) in [6.07, 6.45) is 0. The Morgan fingerprint density at radius 1 is 1.15 bits per heavy atom. The van der Waals surface area contributed by atoms with E-state index in [4.69, 9.17) is 5.73 Å². The van der Waals surface area contributed by atoms with E-state index < -0.39 is 0 Å². The summed E-state index contributed by atoms with van der Waals surface area (Å²) >= 11 is 0. The number of carbonyl (C=O) groups excluding carboxylic acids is 1. The average Bonchev–Trinajstić information content (AvgIpc) is 2.42. The highest BCUT2D eigenvalue weighted by Gasteiger charge is 2.09. The Labute approximate surface area is 119 Å². The molecule has 1 amide bonds. The number of rotatable bonds is 3. The molecule has 0 saturated heterocycles. The second-order valence-electron chi connectivity index (χ2n) is 4.97. The zero-order chi connectivity index (χ0) is 14.7. The largest absolute Gasteiger partial charge is 0.399 e. The van der Waals surface area contributed by atoms with E-state index in [1.165, 1.54) is 0 Å². The fourth-order valence-corrected chi connectivity index (χ4v) is 1.95. The molecule has 4 nitrogen and oxygen atoms in total. The molecular formula is C16H19N3O. The first-order chi connectivity index (χ1) is 9.47. The Bertz CT molecular complexity index is 635. The molecule has 0 aliphatic heterocycles. The summed E-state index contributed by atoms with van der Waals surface area (Å²) in [5, 5.41) is 2.91. The Morgan fingerprint density at radius 3 is 2.55 bits per heavy atom. The van der Waals surface area contributed by atoms with Crippen molar-refractivity contribution in [3.05, 3.63) is 53.6 Å². The highest BCUT2D eigenvalue weighted by Crippen LogP contribution is 2.19. The molecule has 0 bridgehead atoms. The van der Waals surface area contributed by atoms with Gasteiger partial charge in [0.15, 0.2) is 0 Å². The van der Waals surface area contributed by atoms with E-state index in [9.17, 15) is 4.79 Å². The minimum Gasteiger partial charge on any atom is -0.399 e. The standard InChI is InChI=1S/C16H19N3O/c1-11-9-13(17)7-8-15(11)18-16(20)12-5-4-6-14(10-12)19(2)3/h4-10H,17H2,1-3H3,(H,18,20). The van der Waals surface area contributed by atoms with Crippen LogP contribution in [0.5, 0.6) is 0 Å². The number of anilines is 3. The predicted octanol–water partition coefficient (Wildman–Crippen LogP) is 2.90. The predicted molar refractivity (Wildman–Crippen MR) is 84.3 cm³/mol. The lowest BCUT2D eigenvalue weighted by atomic mass is 10.1. The quantitative estimate of drug-likeness (QED) is 0.842. The maximum Gasteiger partial charge on any atom is 0.255 e. The second-order valence-corrected chi connectivity index (χ2v) is 4.97. The van der Waals surface area contributed by atoms with E-state index >= 15 is 0 Å². The number of nitrogens with zero attached hydrogens (tertiary/aromatic N) is 1. The Morgan fingerprint density at radius 2 is 1.90 bits per heavy atom. The normalized spacial score (nSPS) is 10.2. The molecule has 4 heteroatoms. The van der Waals surface area contributed by atoms with Gasteiger partial charge in [0.1, 0.15) is 0 Å². The van der Waals surface area contributed by atoms with Crippen LogP contribution in [0.15, 0.2) is 42.5 Å². The Hall–Kier alpha value is -2.49. The number of benzene rings is 2. The van der Waals surface area contributed by atoms with Gasteiger partial charge in [-0.25, -0.2) is 0 Å². The summed E-state index contributed by atoms with van der Waals surface area (Å²) < 4.78 is 0. The van der Waals surface area contributed by atoms with Gasteiger partial charge in [-0.3, -0.25) is 4.79 Å². The highest BCUT2D eigenvalue weighted by atomic mass is 16.1. The van der Waals surface area contributed by atoms with Crippen molar-refractivity contribution in [3.8, 4) is 0 Å². The maximum absolute atomic E-state index is 12.3. The van der Waals surface area contributed by atoms with Gasteiger partial charge in [-0.2, -0.15) is 0 Å². The molecule has 0 aromatic heterocycles. The minimum absolute atomic E-state index is 0.124. The van der Waals surface area contributed by atoms with Crippen LogP contribution in [0.2, 0.25) is 0 Å². The molecule has 104 valence electrons. The van der Waals surface area contributed by atoms with Gasteiger partial charge in [0.05, 0.1) is 0 Å². The SMILES string of the molecule is Cc1cc(N)ccc1NC(=O)c1cccc(N(C)C)c1. The van der Waals surface area contributed by atoms with Crippen LogP contribution < -0.4 is 16.0 Å². The molecule has 0 atom stereocenters. The lowest BCUT2D eigenvalue weighted by Crippen LogP contribution is -2.14. The molecule has 0 spiro atoms. The van der Waals surface area contributed by atoms with E-state index in [0.29, 0.717) is 11.3 Å². The third kappa shape index (κ3) is 3.09. The molecule has 0 saturated carbocycles. The summed E-state index contributed by atoms with van der Waals surface area (Å²) in [5.41, 5.74) is 9.74. The number of aryl methyl sites for hydroxylation is 1. The minimum atomic E-state index is -0.124. The number of hydrogen-bond donors (Lipinski definition) is 2. The second kappa shape index (κ2) is 5.65. The van der Waals surface area contributed by atoms with E-state index in [-0.39, 0.29) is 5.91 Å². The van der Waals surface area contributed by atoms with E-state index in [1.54, 1.807) is 12.1 Å². The van der Waals surface area contributed by atoms with Crippen molar-refractivity contribution < 1.29 is 4.79 Å². The van der Waals surface area contributed by atoms with Crippen LogP contribution in [0.4, 0.5) is 17.1 Å². The maximum atomic E-state index is 12.3. The van der Waals surface area contributed by atoms with Crippen LogP contribution in [0, 0.1) is 6.92 Å². The Balaban J connectivity index is 2.21. The van der Waals surface area contributed by atoms with E-state index in [2.05, 4.69) is 5.32 Å². The molecule has 20 heavy (non-hydrogen) atoms. The van der Waals surface area contributed by atoms with E-state index in [0.717, 1.165) is 16.9 Å². The summed E-state index contributed by atoms with van der Waals surface area (Å²) in [6, 6.07) is 12.9. The summed E-state index contributed by atoms with van der Waals surface area (Å²) in [5.74, 6) is -0.124. The van der Waals surface area contributed by atoms with Crippen molar-refractivity contribution in [2.24, 2.45) is 0 Å². The molecular weight excluding hydrogens is 250 g/mol. The molecule has 0 heterocycles. The van der Waals surface area contributed by atoms with Gasteiger partial charge >= 0.3 is 0 Å². The van der Waals surface area contributed by atoms with Crippen molar-refractivity contribution in [2.75, 3.05) is 30.0 Å². The topological polar surface area (TPSA) is 58.4 Å². The fraction of sp³-hybridized carbons (Fsp3) is 0.188. The van der Waals surface area contributed by atoms with Gasteiger partial charge in [0, 0.05) is 36.7 Å². The summed E-state index contributed by atoms with van der Waals surface area (Å²) in [4.78, 5) is 14.2. The number of nitrogens with one attached hydrogen (secondary N) is 1. The van der Waals surface area contributed by atoms with Crippen LogP contribution in [0.3, 0.4) is 0 Å². The molecule has 0 aliphatic rings. The number of hydrogen-bond acceptors (Lipinski definition) is 3. The van der Waals surface area contributed by atoms with Gasteiger partial charge in [-0.1, -0.05) is 6.07 Å². The van der Waals surface area contributed by atoms with Crippen molar-refractivity contribution in [1.29, 1.82) is 0 Å². The third-order valence-corrected chi connectivity index (χ3v) is 3.12. The van der Waals surface area contributed by atoms with Crippen molar-refractivity contribution in [1.82, 2.24) is 0 Å². The Kier molecular flexibility index (Phi) is 3.94. The first-order valence-electron chi connectivity index (χ1n) is 6.42. The van der Waals surface area contributed by atoms with Gasteiger partial charge in [-0.15, -0.1) is 0 Å². The molecule has 0 aliphatic carbocycles. The molecule has 0 fully saturated rings. The average molecular weight is 269 g/mol. The number of nitrogen functional groups attached to an aromatic ring is 1. The summed E-state index contributed by atoms with van der Waals surface area (Å²) in [6.45, 7) is 1.92. The highest BCUT2D eigenvalue weighted by molar-refractivity contribution is 6.05. The van der Waals surface area contributed by atoms with E-state index in [1.807, 2.05) is 56.3 Å². The zero-order valence-corrected chi connectivity index (χ0v) is 12.0. The lowest BCUT2D eigenvalue weighted by Gasteiger charge is -2.14. The first-order valence-corrected chi connectivity index (χ1v) is 6.42. The molecule has 0 unspecified atom stereocenters.